The molecular weight excluding hydrogens is 676 g/mol. The minimum atomic E-state index is -5.88. The van der Waals surface area contributed by atoms with Gasteiger partial charge in [-0.3, -0.25) is 0 Å². The topological polar surface area (TPSA) is 0 Å². The average molecular weight is 741 g/mol. The van der Waals surface area contributed by atoms with Gasteiger partial charge < -0.3 is 0 Å². The molecule has 49 heavy (non-hydrogen) atoms. The zero-order valence-corrected chi connectivity index (χ0v) is 32.0. The van der Waals surface area contributed by atoms with Crippen molar-refractivity contribution < 1.29 is 43.9 Å². The third-order valence-electron chi connectivity index (χ3n) is 10.0. The number of alkyl halides is 6. The van der Waals surface area contributed by atoms with Gasteiger partial charge in [0.15, 0.2) is 11.6 Å². The van der Waals surface area contributed by atoms with Gasteiger partial charge >= 0.3 is 17.5 Å². The molecule has 0 spiro atoms. The molecule has 0 aliphatic rings. The summed E-state index contributed by atoms with van der Waals surface area (Å²) in [7, 11) is -4.29. The van der Waals surface area contributed by atoms with Crippen molar-refractivity contribution in [1.82, 2.24) is 0 Å². The Morgan fingerprint density at radius 1 is 0.510 bits per heavy atom. The van der Waals surface area contributed by atoms with Crippen LogP contribution in [0, 0.1) is 23.3 Å². The first-order valence-corrected chi connectivity index (χ1v) is 20.8. The summed E-state index contributed by atoms with van der Waals surface area (Å²) in [4.78, 5) is 0. The maximum atomic E-state index is 14.5. The minimum absolute atomic E-state index is 0.0383. The van der Waals surface area contributed by atoms with E-state index in [1.807, 2.05) is 0 Å². The molecule has 1 rings (SSSR count). The smallest absolute Gasteiger partial charge is 0.203 e. The molecule has 12 heteroatoms. The fourth-order valence-electron chi connectivity index (χ4n) is 6.90. The molecule has 0 saturated carbocycles. The van der Waals surface area contributed by atoms with Crippen LogP contribution in [0.2, 0.25) is 25.3 Å². The molecule has 0 aromatic heterocycles. The third-order valence-corrected chi connectivity index (χ3v) is 12.8. The fraction of sp³-hybridized carbons (Fsp3) is 0.838. The van der Waals surface area contributed by atoms with Crippen LogP contribution >= 0.6 is 7.92 Å². The molecule has 0 amide bonds. The van der Waals surface area contributed by atoms with Gasteiger partial charge in [0.05, 0.1) is 6.16 Å². The van der Waals surface area contributed by atoms with Crippen LogP contribution in [0.3, 0.4) is 0 Å². The second-order valence-electron chi connectivity index (χ2n) is 14.1. The van der Waals surface area contributed by atoms with Gasteiger partial charge in [-0.05, 0) is 13.3 Å². The number of hydrogen-bond donors (Lipinski definition) is 0. The van der Waals surface area contributed by atoms with Crippen molar-refractivity contribution in [1.29, 1.82) is 0 Å². The van der Waals surface area contributed by atoms with E-state index in [2.05, 4.69) is 27.7 Å². The lowest BCUT2D eigenvalue weighted by atomic mass is 9.17. The second kappa shape index (κ2) is 24.3. The fourth-order valence-corrected chi connectivity index (χ4v) is 9.30. The van der Waals surface area contributed by atoms with Gasteiger partial charge in [-0.2, -0.15) is 56.0 Å². The van der Waals surface area contributed by atoms with E-state index >= 15 is 0 Å². The largest absolute Gasteiger partial charge is 0.424 e. The number of halogens is 10. The lowest BCUT2D eigenvalue weighted by Gasteiger charge is -2.40. The average Bonchev–Trinajstić information content (AvgIpc) is 3.05. The van der Waals surface area contributed by atoms with E-state index < -0.39 is 73.0 Å². The van der Waals surface area contributed by atoms with Crippen molar-refractivity contribution in [3.8, 4) is 0 Å². The van der Waals surface area contributed by atoms with Crippen LogP contribution in [0.4, 0.5) is 43.9 Å². The highest BCUT2D eigenvalue weighted by molar-refractivity contribution is 7.66. The lowest BCUT2D eigenvalue weighted by molar-refractivity contribution is -0.280. The zero-order valence-electron chi connectivity index (χ0n) is 31.0. The Hall–Kier alpha value is -0.985. The van der Waals surface area contributed by atoms with Crippen LogP contribution in [-0.4, -0.2) is 29.8 Å². The molecule has 0 aliphatic heterocycles. The van der Waals surface area contributed by atoms with Crippen LogP contribution in [0.25, 0.3) is 0 Å². The predicted molar refractivity (Wildman–Crippen MR) is 191 cm³/mol. The van der Waals surface area contributed by atoms with Crippen molar-refractivity contribution in [2.45, 2.75) is 193 Å². The lowest BCUT2D eigenvalue weighted by Crippen LogP contribution is -2.54. The molecule has 0 aliphatic carbocycles. The van der Waals surface area contributed by atoms with E-state index in [4.69, 9.17) is 0 Å². The molecule has 0 saturated heterocycles. The van der Waals surface area contributed by atoms with Crippen LogP contribution in [0.1, 0.15) is 151 Å². The Morgan fingerprint density at radius 2 is 0.898 bits per heavy atom. The Balaban J connectivity index is 0.000000983. The maximum absolute atomic E-state index is 14.5. The standard InChI is InChI=1S/C20H44B.C17H19F10P/c1-5-9-13-17-21(18-14-10-6-2,19-15-11-7-3)20-16-12-8-4;1-3-5-6-7-8-15(22,23)16(24,25)17(26,27)28(4-2)11-9-10(18)12(19)14(21)13(11)20/h5-20H2,1-4H3;9H,3-8H2,1-2H3/q-1;/p+1. The second-order valence-corrected chi connectivity index (χ2v) is 16.9. The van der Waals surface area contributed by atoms with Crippen LogP contribution in [0.5, 0.6) is 0 Å². The van der Waals surface area contributed by atoms with Gasteiger partial charge in [0.2, 0.25) is 11.6 Å². The van der Waals surface area contributed by atoms with Gasteiger partial charge in [0.1, 0.15) is 13.2 Å². The van der Waals surface area contributed by atoms with E-state index in [0.29, 0.717) is 12.8 Å². The summed E-state index contributed by atoms with van der Waals surface area (Å²) in [5.74, 6) is -20.1. The minimum Gasteiger partial charge on any atom is -0.203 e. The van der Waals surface area contributed by atoms with E-state index in [0.717, 1.165) is 6.92 Å². The summed E-state index contributed by atoms with van der Waals surface area (Å²) in [6.45, 7) is 12.0. The maximum Gasteiger partial charge on any atom is 0.424 e. The van der Waals surface area contributed by atoms with Gasteiger partial charge in [-0.1, -0.05) is 131 Å². The highest BCUT2D eigenvalue weighted by Crippen LogP contribution is 2.63. The monoisotopic (exact) mass is 740 g/mol. The molecule has 0 radical (unpaired) electrons. The van der Waals surface area contributed by atoms with Crippen molar-refractivity contribution in [2.24, 2.45) is 0 Å². The molecule has 0 nitrogen and oxygen atoms in total. The first-order chi connectivity index (χ1) is 23.0. The van der Waals surface area contributed by atoms with Gasteiger partial charge in [0.25, 0.3) is 0 Å². The van der Waals surface area contributed by atoms with Crippen molar-refractivity contribution in [2.75, 3.05) is 6.16 Å². The molecule has 290 valence electrons. The van der Waals surface area contributed by atoms with E-state index in [-0.39, 0.29) is 18.6 Å². The predicted octanol–water partition coefficient (Wildman–Crippen LogP) is 15.1. The van der Waals surface area contributed by atoms with E-state index in [1.165, 1.54) is 77.0 Å². The van der Waals surface area contributed by atoms with Crippen LogP contribution < -0.4 is 5.30 Å². The van der Waals surface area contributed by atoms with Gasteiger partial charge in [0, 0.05) is 18.6 Å². The normalized spacial score (nSPS) is 13.4. The Kier molecular flexibility index (Phi) is 23.8. The van der Waals surface area contributed by atoms with Gasteiger partial charge in [-0.25, -0.2) is 13.2 Å². The first kappa shape index (κ1) is 48.0. The highest BCUT2D eigenvalue weighted by atomic mass is 31.1. The molecule has 1 atom stereocenters. The van der Waals surface area contributed by atoms with Crippen molar-refractivity contribution in [3.05, 3.63) is 29.3 Å². The number of unbranched alkanes of at least 4 members (excludes halogenated alkanes) is 11. The number of benzene rings is 1. The molecule has 1 unspecified atom stereocenters. The molecule has 1 aromatic rings. The zero-order chi connectivity index (χ0) is 37.7. The Morgan fingerprint density at radius 3 is 1.27 bits per heavy atom. The summed E-state index contributed by atoms with van der Waals surface area (Å²) >= 11 is 0. The molecule has 0 fully saturated rings. The van der Waals surface area contributed by atoms with Crippen molar-refractivity contribution >= 4 is 19.4 Å². The molecular formula is C37H64BF10P. The summed E-state index contributed by atoms with van der Waals surface area (Å²) in [5, 5.41) is -1.53. The Labute approximate surface area is 292 Å². The quantitative estimate of drug-likeness (QED) is 0.0222. The summed E-state index contributed by atoms with van der Waals surface area (Å²) in [6.07, 6.45) is 21.9. The SMILES string of the molecule is CCCCCCC(F)(F)C(F)(F)C(F)(F)[PH+](CC)c1cc(F)c(F)c(F)c1F.CCCCC[B-](CCCCC)(CCCCC)CCCCC. The van der Waals surface area contributed by atoms with E-state index in [1.54, 1.807) is 32.2 Å². The van der Waals surface area contributed by atoms with Gasteiger partial charge in [-0.15, -0.1) is 0 Å². The summed E-state index contributed by atoms with van der Waals surface area (Å²) in [6, 6.07) is -0.172. The van der Waals surface area contributed by atoms with Crippen molar-refractivity contribution in [3.63, 3.8) is 0 Å². The van der Waals surface area contributed by atoms with E-state index in [9.17, 15) is 43.9 Å². The van der Waals surface area contributed by atoms with Crippen LogP contribution in [-0.2, 0) is 0 Å². The number of rotatable bonds is 26. The summed E-state index contributed by atoms with van der Waals surface area (Å²) in [5.41, 5.74) is -5.46. The first-order valence-electron chi connectivity index (χ1n) is 19.0. The molecule has 1 aromatic carbocycles. The number of hydrogen-bond acceptors (Lipinski definition) is 0. The Bertz CT molecular complexity index is 976. The molecule has 0 N–H and O–H groups in total. The molecule has 0 bridgehead atoms. The molecule has 0 heterocycles. The summed E-state index contributed by atoms with van der Waals surface area (Å²) < 4.78 is 139. The van der Waals surface area contributed by atoms with Crippen LogP contribution in [0.15, 0.2) is 6.07 Å². The third kappa shape index (κ3) is 14.9. The highest BCUT2D eigenvalue weighted by Gasteiger charge is 2.77.